The standard InChI is InChI=1S/C22H25NO/c1-4-15-23-20(18-11-7-5-8-12-18)16(2)22(24)17(3)21(23)19-13-9-6-10-14-19/h4-14,16-17,20-21H,1,15H2,2-3H3. The molecular formula is C22H25NO. The average Bonchev–Trinajstić information content (AvgIpc) is 2.62. The molecule has 1 fully saturated rings. The number of nitrogens with zero attached hydrogens (tertiary/aromatic N) is 1. The molecule has 24 heavy (non-hydrogen) atoms. The Hall–Kier alpha value is -2.19. The quantitative estimate of drug-likeness (QED) is 0.754. The summed E-state index contributed by atoms with van der Waals surface area (Å²) in [5, 5.41) is 0. The van der Waals surface area contributed by atoms with Crippen molar-refractivity contribution in [1.82, 2.24) is 4.90 Å². The van der Waals surface area contributed by atoms with E-state index in [9.17, 15) is 4.79 Å². The third-order valence-corrected chi connectivity index (χ3v) is 5.18. The number of Topliss-reactive ketones (excluding diaryl/α,β-unsaturated/α-hetero) is 1. The molecule has 0 radical (unpaired) electrons. The van der Waals surface area contributed by atoms with Gasteiger partial charge in [0.05, 0.1) is 0 Å². The van der Waals surface area contributed by atoms with Crippen LogP contribution in [-0.4, -0.2) is 17.2 Å². The lowest BCUT2D eigenvalue weighted by molar-refractivity contribution is -0.137. The number of benzene rings is 2. The second-order valence-electron chi connectivity index (χ2n) is 6.68. The van der Waals surface area contributed by atoms with Crippen LogP contribution in [0, 0.1) is 11.8 Å². The highest BCUT2D eigenvalue weighted by Crippen LogP contribution is 2.45. The van der Waals surface area contributed by atoms with Crippen LogP contribution in [0.4, 0.5) is 0 Å². The van der Waals surface area contributed by atoms with Crippen molar-refractivity contribution >= 4 is 5.78 Å². The predicted molar refractivity (Wildman–Crippen MR) is 98.6 cm³/mol. The minimum atomic E-state index is -0.0256. The molecule has 0 bridgehead atoms. The van der Waals surface area contributed by atoms with Crippen molar-refractivity contribution in [2.45, 2.75) is 25.9 Å². The number of hydrogen-bond acceptors (Lipinski definition) is 2. The summed E-state index contributed by atoms with van der Waals surface area (Å²) < 4.78 is 0. The summed E-state index contributed by atoms with van der Waals surface area (Å²) in [5.74, 6) is 0.294. The monoisotopic (exact) mass is 319 g/mol. The van der Waals surface area contributed by atoms with E-state index in [0.717, 1.165) is 6.54 Å². The van der Waals surface area contributed by atoms with Crippen LogP contribution in [0.1, 0.15) is 37.1 Å². The summed E-state index contributed by atoms with van der Waals surface area (Å²) in [5.41, 5.74) is 2.40. The summed E-state index contributed by atoms with van der Waals surface area (Å²) in [7, 11) is 0. The number of hydrogen-bond donors (Lipinski definition) is 0. The van der Waals surface area contributed by atoms with Crippen molar-refractivity contribution in [2.24, 2.45) is 11.8 Å². The first kappa shape index (κ1) is 16.7. The molecule has 1 heterocycles. The molecule has 2 aromatic rings. The van der Waals surface area contributed by atoms with Crippen molar-refractivity contribution in [3.05, 3.63) is 84.4 Å². The van der Waals surface area contributed by atoms with E-state index in [4.69, 9.17) is 0 Å². The lowest BCUT2D eigenvalue weighted by atomic mass is 9.74. The highest BCUT2D eigenvalue weighted by molar-refractivity contribution is 5.85. The van der Waals surface area contributed by atoms with Crippen molar-refractivity contribution in [2.75, 3.05) is 6.54 Å². The van der Waals surface area contributed by atoms with Crippen molar-refractivity contribution in [3.63, 3.8) is 0 Å². The van der Waals surface area contributed by atoms with Crippen LogP contribution in [0.25, 0.3) is 0 Å². The molecule has 0 aliphatic carbocycles. The maximum atomic E-state index is 13.0. The molecule has 0 saturated carbocycles. The molecular weight excluding hydrogens is 294 g/mol. The summed E-state index contributed by atoms with van der Waals surface area (Å²) >= 11 is 0. The van der Waals surface area contributed by atoms with E-state index in [1.165, 1.54) is 11.1 Å². The lowest BCUT2D eigenvalue weighted by Gasteiger charge is -2.48. The zero-order valence-electron chi connectivity index (χ0n) is 14.4. The minimum Gasteiger partial charge on any atom is -0.299 e. The molecule has 2 heteroatoms. The summed E-state index contributed by atoms with van der Waals surface area (Å²) in [6, 6.07) is 20.9. The number of ketones is 1. The van der Waals surface area contributed by atoms with Gasteiger partial charge >= 0.3 is 0 Å². The maximum Gasteiger partial charge on any atom is 0.142 e. The average molecular weight is 319 g/mol. The van der Waals surface area contributed by atoms with Crippen LogP contribution in [0.5, 0.6) is 0 Å². The smallest absolute Gasteiger partial charge is 0.142 e. The second kappa shape index (κ2) is 7.14. The highest BCUT2D eigenvalue weighted by Gasteiger charge is 2.45. The summed E-state index contributed by atoms with van der Waals surface area (Å²) in [6.45, 7) is 8.85. The molecule has 0 spiro atoms. The Morgan fingerprint density at radius 2 is 1.29 bits per heavy atom. The van der Waals surface area contributed by atoms with E-state index in [1.54, 1.807) is 0 Å². The second-order valence-corrected chi connectivity index (χ2v) is 6.68. The Bertz CT molecular complexity index is 639. The molecule has 0 amide bonds. The Morgan fingerprint density at radius 1 is 0.875 bits per heavy atom. The van der Waals surface area contributed by atoms with Gasteiger partial charge in [-0.1, -0.05) is 80.6 Å². The van der Waals surface area contributed by atoms with Gasteiger partial charge in [-0.05, 0) is 11.1 Å². The zero-order valence-corrected chi connectivity index (χ0v) is 14.4. The van der Waals surface area contributed by atoms with Gasteiger partial charge in [0.2, 0.25) is 0 Å². The van der Waals surface area contributed by atoms with Gasteiger partial charge in [-0.3, -0.25) is 9.69 Å². The first-order valence-electron chi connectivity index (χ1n) is 8.65. The molecule has 0 aromatic heterocycles. The molecule has 2 aromatic carbocycles. The first-order valence-corrected chi connectivity index (χ1v) is 8.65. The molecule has 0 N–H and O–H groups in total. The van der Waals surface area contributed by atoms with Gasteiger partial charge in [0.1, 0.15) is 5.78 Å². The number of carbonyl (C=O) groups excluding carboxylic acids is 1. The normalized spacial score (nSPS) is 27.8. The molecule has 1 aliphatic heterocycles. The minimum absolute atomic E-state index is 0.0256. The third kappa shape index (κ3) is 2.94. The van der Waals surface area contributed by atoms with E-state index in [0.29, 0.717) is 5.78 Å². The van der Waals surface area contributed by atoms with Gasteiger partial charge in [-0.2, -0.15) is 0 Å². The Morgan fingerprint density at radius 3 is 1.67 bits per heavy atom. The molecule has 3 rings (SSSR count). The van der Waals surface area contributed by atoms with Crippen molar-refractivity contribution in [1.29, 1.82) is 0 Å². The molecule has 4 unspecified atom stereocenters. The molecule has 4 atom stereocenters. The van der Waals surface area contributed by atoms with E-state index in [1.807, 2.05) is 42.5 Å². The van der Waals surface area contributed by atoms with Crippen LogP contribution in [0.2, 0.25) is 0 Å². The van der Waals surface area contributed by atoms with E-state index in [-0.39, 0.29) is 23.9 Å². The topological polar surface area (TPSA) is 20.3 Å². The predicted octanol–water partition coefficient (Wildman–Crippen LogP) is 4.81. The van der Waals surface area contributed by atoms with Gasteiger partial charge in [0.25, 0.3) is 0 Å². The van der Waals surface area contributed by atoms with Gasteiger partial charge in [-0.15, -0.1) is 6.58 Å². The first-order chi connectivity index (χ1) is 11.6. The summed E-state index contributed by atoms with van der Waals surface area (Å²) in [4.78, 5) is 15.4. The van der Waals surface area contributed by atoms with Crippen LogP contribution in [-0.2, 0) is 4.79 Å². The van der Waals surface area contributed by atoms with Gasteiger partial charge in [0, 0.05) is 30.5 Å². The maximum absolute atomic E-state index is 13.0. The van der Waals surface area contributed by atoms with Crippen LogP contribution >= 0.6 is 0 Å². The van der Waals surface area contributed by atoms with Gasteiger partial charge in [0.15, 0.2) is 0 Å². The Kier molecular flexibility index (Phi) is 4.96. The van der Waals surface area contributed by atoms with Gasteiger partial charge in [-0.25, -0.2) is 0 Å². The Balaban J connectivity index is 2.10. The fourth-order valence-corrected chi connectivity index (χ4v) is 4.11. The van der Waals surface area contributed by atoms with Gasteiger partial charge < -0.3 is 0 Å². The van der Waals surface area contributed by atoms with Crippen LogP contribution < -0.4 is 0 Å². The van der Waals surface area contributed by atoms with Crippen molar-refractivity contribution in [3.8, 4) is 0 Å². The van der Waals surface area contributed by atoms with E-state index in [2.05, 4.69) is 49.6 Å². The summed E-state index contributed by atoms with van der Waals surface area (Å²) in [6.07, 6.45) is 1.95. The molecule has 1 saturated heterocycles. The SMILES string of the molecule is C=CCN1C(c2ccccc2)C(C)C(=O)C(C)C1c1ccccc1. The number of likely N-dealkylation sites (tertiary alicyclic amines) is 1. The van der Waals surface area contributed by atoms with E-state index < -0.39 is 0 Å². The van der Waals surface area contributed by atoms with Crippen molar-refractivity contribution < 1.29 is 4.79 Å². The largest absolute Gasteiger partial charge is 0.299 e. The fourth-order valence-electron chi connectivity index (χ4n) is 4.11. The highest BCUT2D eigenvalue weighted by atomic mass is 16.1. The third-order valence-electron chi connectivity index (χ3n) is 5.18. The van der Waals surface area contributed by atoms with E-state index >= 15 is 0 Å². The number of rotatable bonds is 4. The molecule has 2 nitrogen and oxygen atoms in total. The molecule has 1 aliphatic rings. The van der Waals surface area contributed by atoms with Crippen LogP contribution in [0.15, 0.2) is 73.3 Å². The lowest BCUT2D eigenvalue weighted by Crippen LogP contribution is -2.49. The molecule has 124 valence electrons. The Labute approximate surface area is 144 Å². The number of carbonyl (C=O) groups is 1. The van der Waals surface area contributed by atoms with Crippen LogP contribution in [0.3, 0.4) is 0 Å². The fraction of sp³-hybridized carbons (Fsp3) is 0.318. The zero-order chi connectivity index (χ0) is 17.1. The number of piperidine rings is 1.